The summed E-state index contributed by atoms with van der Waals surface area (Å²) in [5.41, 5.74) is 6.21. The predicted molar refractivity (Wildman–Crippen MR) is 113 cm³/mol. The van der Waals surface area contributed by atoms with Crippen LogP contribution in [0.1, 0.15) is 48.5 Å². The van der Waals surface area contributed by atoms with Crippen molar-refractivity contribution in [2.24, 2.45) is 0 Å². The summed E-state index contributed by atoms with van der Waals surface area (Å²) < 4.78 is 0. The minimum Gasteiger partial charge on any atom is -0.361 e. The molecule has 2 heterocycles. The van der Waals surface area contributed by atoms with Gasteiger partial charge < -0.3 is 15.3 Å². The highest BCUT2D eigenvalue weighted by Crippen LogP contribution is 2.34. The van der Waals surface area contributed by atoms with Crippen LogP contribution in [0, 0.1) is 0 Å². The van der Waals surface area contributed by atoms with Crippen LogP contribution in [0.15, 0.2) is 54.7 Å². The van der Waals surface area contributed by atoms with Crippen molar-refractivity contribution >= 4 is 27.7 Å². The third-order valence-corrected chi connectivity index (χ3v) is 5.97. The maximum absolute atomic E-state index is 12.6. The fourth-order valence-electron chi connectivity index (χ4n) is 4.60. The second kappa shape index (κ2) is 7.19. The molecule has 0 saturated heterocycles. The number of benzene rings is 2. The molecule has 0 bridgehead atoms. The van der Waals surface area contributed by atoms with Gasteiger partial charge in [-0.1, -0.05) is 36.4 Å². The maximum Gasteiger partial charge on any atom is 0.220 e. The van der Waals surface area contributed by atoms with Gasteiger partial charge in [-0.05, 0) is 55.4 Å². The van der Waals surface area contributed by atoms with Crippen LogP contribution in [0.3, 0.4) is 0 Å². The lowest BCUT2D eigenvalue weighted by Gasteiger charge is -2.24. The molecule has 0 aliphatic heterocycles. The number of nitrogens with one attached hydrogen (secondary N) is 3. The summed E-state index contributed by atoms with van der Waals surface area (Å²) in [6.07, 6.45) is 7.63. The first-order chi connectivity index (χ1) is 13.8. The first kappa shape index (κ1) is 17.1. The molecule has 0 spiro atoms. The van der Waals surface area contributed by atoms with E-state index in [9.17, 15) is 4.79 Å². The molecule has 2 aromatic heterocycles. The normalized spacial score (nSPS) is 16.4. The molecule has 0 fully saturated rings. The Balaban J connectivity index is 1.23. The maximum atomic E-state index is 12.6. The number of aryl methyl sites for hydroxylation is 2. The van der Waals surface area contributed by atoms with Crippen LogP contribution < -0.4 is 5.32 Å². The molecule has 1 aliphatic rings. The van der Waals surface area contributed by atoms with Gasteiger partial charge in [-0.25, -0.2) is 0 Å². The molecule has 4 heteroatoms. The Morgan fingerprint density at radius 1 is 1.04 bits per heavy atom. The van der Waals surface area contributed by atoms with Crippen molar-refractivity contribution in [1.29, 1.82) is 0 Å². The third-order valence-electron chi connectivity index (χ3n) is 5.97. The Morgan fingerprint density at radius 3 is 2.71 bits per heavy atom. The molecule has 5 rings (SSSR count). The lowest BCUT2D eigenvalue weighted by Crippen LogP contribution is -2.30. The van der Waals surface area contributed by atoms with Gasteiger partial charge in [-0.2, -0.15) is 0 Å². The number of hydrogen-bond donors (Lipinski definition) is 3. The van der Waals surface area contributed by atoms with E-state index in [2.05, 4.69) is 63.9 Å². The molecule has 0 saturated carbocycles. The van der Waals surface area contributed by atoms with Gasteiger partial charge in [0.25, 0.3) is 0 Å². The molecule has 1 atom stereocenters. The van der Waals surface area contributed by atoms with E-state index in [0.717, 1.165) is 37.6 Å². The van der Waals surface area contributed by atoms with Crippen LogP contribution in [0.25, 0.3) is 21.8 Å². The van der Waals surface area contributed by atoms with E-state index in [-0.39, 0.29) is 11.9 Å². The summed E-state index contributed by atoms with van der Waals surface area (Å²) in [5.74, 6) is 0.149. The summed E-state index contributed by atoms with van der Waals surface area (Å²) in [6, 6.07) is 16.9. The van der Waals surface area contributed by atoms with Gasteiger partial charge in [0.1, 0.15) is 0 Å². The number of amides is 1. The summed E-state index contributed by atoms with van der Waals surface area (Å²) in [6.45, 7) is 0. The summed E-state index contributed by atoms with van der Waals surface area (Å²) in [5, 5.41) is 5.84. The zero-order valence-corrected chi connectivity index (χ0v) is 15.9. The molecule has 28 heavy (non-hydrogen) atoms. The predicted octanol–water partition coefficient (Wildman–Crippen LogP) is 5.17. The van der Waals surface area contributed by atoms with Crippen molar-refractivity contribution in [2.45, 2.75) is 44.6 Å². The number of aromatic nitrogens is 2. The molecule has 1 aliphatic carbocycles. The van der Waals surface area contributed by atoms with Gasteiger partial charge in [-0.3, -0.25) is 4.79 Å². The van der Waals surface area contributed by atoms with E-state index in [1.54, 1.807) is 0 Å². The molecule has 142 valence electrons. The van der Waals surface area contributed by atoms with Gasteiger partial charge in [0.2, 0.25) is 5.91 Å². The van der Waals surface area contributed by atoms with Gasteiger partial charge in [0.05, 0.1) is 6.04 Å². The topological polar surface area (TPSA) is 60.7 Å². The Kier molecular flexibility index (Phi) is 4.40. The Bertz CT molecular complexity index is 1140. The quantitative estimate of drug-likeness (QED) is 0.445. The molecule has 3 N–H and O–H groups in total. The van der Waals surface area contributed by atoms with Gasteiger partial charge >= 0.3 is 0 Å². The van der Waals surface area contributed by atoms with E-state index in [1.807, 2.05) is 6.07 Å². The van der Waals surface area contributed by atoms with Crippen molar-refractivity contribution in [3.8, 4) is 0 Å². The zero-order chi connectivity index (χ0) is 18.9. The summed E-state index contributed by atoms with van der Waals surface area (Å²) >= 11 is 0. The lowest BCUT2D eigenvalue weighted by molar-refractivity contribution is -0.122. The Morgan fingerprint density at radius 2 is 1.82 bits per heavy atom. The number of carbonyl (C=O) groups excluding carboxylic acids is 1. The van der Waals surface area contributed by atoms with E-state index < -0.39 is 0 Å². The number of rotatable bonds is 5. The van der Waals surface area contributed by atoms with E-state index in [4.69, 9.17) is 0 Å². The molecule has 0 radical (unpaired) electrons. The number of para-hydroxylation sites is 2. The monoisotopic (exact) mass is 371 g/mol. The number of carbonyl (C=O) groups is 1. The van der Waals surface area contributed by atoms with E-state index in [1.165, 1.54) is 33.1 Å². The molecular weight excluding hydrogens is 346 g/mol. The second-order valence-corrected chi connectivity index (χ2v) is 7.79. The van der Waals surface area contributed by atoms with Crippen LogP contribution in [-0.4, -0.2) is 15.9 Å². The zero-order valence-electron chi connectivity index (χ0n) is 15.9. The van der Waals surface area contributed by atoms with Crippen LogP contribution in [-0.2, 0) is 17.6 Å². The highest BCUT2D eigenvalue weighted by Gasteiger charge is 2.25. The molecule has 2 aromatic carbocycles. The van der Waals surface area contributed by atoms with Crippen molar-refractivity contribution < 1.29 is 4.79 Å². The van der Waals surface area contributed by atoms with Gasteiger partial charge in [0, 0.05) is 40.1 Å². The van der Waals surface area contributed by atoms with E-state index >= 15 is 0 Å². The molecular formula is C24H25N3O. The highest BCUT2D eigenvalue weighted by atomic mass is 16.1. The summed E-state index contributed by atoms with van der Waals surface area (Å²) in [7, 11) is 0. The number of H-pyrrole nitrogens is 2. The number of aromatic amines is 2. The first-order valence-electron chi connectivity index (χ1n) is 10.2. The SMILES string of the molecule is O=C(CCCc1c[nH]c2ccccc12)NC1CCCc2c1[nH]c1ccccc21. The van der Waals surface area contributed by atoms with Crippen molar-refractivity contribution in [1.82, 2.24) is 15.3 Å². The largest absolute Gasteiger partial charge is 0.361 e. The van der Waals surface area contributed by atoms with Gasteiger partial charge in [0.15, 0.2) is 0 Å². The summed E-state index contributed by atoms with van der Waals surface area (Å²) in [4.78, 5) is 19.5. The minimum absolute atomic E-state index is 0.108. The highest BCUT2D eigenvalue weighted by molar-refractivity contribution is 5.86. The van der Waals surface area contributed by atoms with E-state index in [0.29, 0.717) is 6.42 Å². The molecule has 4 aromatic rings. The smallest absolute Gasteiger partial charge is 0.220 e. The van der Waals surface area contributed by atoms with Crippen molar-refractivity contribution in [3.05, 3.63) is 71.5 Å². The Labute approximate surface area is 164 Å². The van der Waals surface area contributed by atoms with Crippen LogP contribution in [0.5, 0.6) is 0 Å². The molecule has 1 unspecified atom stereocenters. The molecule has 1 amide bonds. The fourth-order valence-corrected chi connectivity index (χ4v) is 4.60. The van der Waals surface area contributed by atoms with Crippen LogP contribution >= 0.6 is 0 Å². The van der Waals surface area contributed by atoms with Crippen LogP contribution in [0.4, 0.5) is 0 Å². The number of hydrogen-bond acceptors (Lipinski definition) is 1. The third kappa shape index (κ3) is 3.09. The standard InChI is InChI=1S/C24H25N3O/c28-23(14-5-7-16-15-25-20-11-3-1-8-17(16)20)26-22-13-6-10-19-18-9-2-4-12-21(18)27-24(19)22/h1-4,8-9,11-12,15,22,25,27H,5-7,10,13-14H2,(H,26,28). The second-order valence-electron chi connectivity index (χ2n) is 7.79. The van der Waals surface area contributed by atoms with Crippen molar-refractivity contribution in [3.63, 3.8) is 0 Å². The average molecular weight is 371 g/mol. The number of fused-ring (bicyclic) bond motifs is 4. The minimum atomic E-state index is 0.108. The van der Waals surface area contributed by atoms with Crippen molar-refractivity contribution in [2.75, 3.05) is 0 Å². The molecule has 4 nitrogen and oxygen atoms in total. The van der Waals surface area contributed by atoms with Gasteiger partial charge in [-0.15, -0.1) is 0 Å². The van der Waals surface area contributed by atoms with Crippen LogP contribution in [0.2, 0.25) is 0 Å². The first-order valence-corrected chi connectivity index (χ1v) is 10.2. The fraction of sp³-hybridized carbons (Fsp3) is 0.292. The lowest BCUT2D eigenvalue weighted by atomic mass is 9.91. The Hall–Kier alpha value is -3.01. The average Bonchev–Trinajstić information content (AvgIpc) is 3.30.